The SMILES string of the molecule is CN1CCC([N+]2(C)CCC[C@H]2C(N)=O)CC1.Cl.Cl. The van der Waals surface area contributed by atoms with Crippen LogP contribution < -0.4 is 5.73 Å². The molecule has 2 N–H and O–H groups in total. The van der Waals surface area contributed by atoms with Gasteiger partial charge in [-0.3, -0.25) is 4.79 Å². The molecule has 1 unspecified atom stereocenters. The zero-order chi connectivity index (χ0) is 11.8. The van der Waals surface area contributed by atoms with Crippen LogP contribution in [-0.2, 0) is 4.79 Å². The number of quaternary nitrogens is 1. The molecule has 0 aliphatic carbocycles. The van der Waals surface area contributed by atoms with Crippen molar-refractivity contribution in [1.29, 1.82) is 0 Å². The quantitative estimate of drug-likeness (QED) is 0.774. The minimum atomic E-state index is -0.0982. The summed E-state index contributed by atoms with van der Waals surface area (Å²) in [6.45, 7) is 3.44. The summed E-state index contributed by atoms with van der Waals surface area (Å²) >= 11 is 0. The molecule has 0 aromatic rings. The Kier molecular flexibility index (Phi) is 6.93. The van der Waals surface area contributed by atoms with Crippen molar-refractivity contribution in [2.24, 2.45) is 5.73 Å². The molecule has 2 heterocycles. The second-order valence-electron chi connectivity index (χ2n) is 5.67. The summed E-state index contributed by atoms with van der Waals surface area (Å²) < 4.78 is 0.906. The number of likely N-dealkylation sites (N-methyl/N-ethyl adjacent to an activating group) is 1. The van der Waals surface area contributed by atoms with Crippen LogP contribution in [0.4, 0.5) is 0 Å². The Morgan fingerprint density at radius 1 is 1.22 bits per heavy atom. The molecule has 0 aromatic heterocycles. The molecule has 0 bridgehead atoms. The van der Waals surface area contributed by atoms with Crippen LogP contribution in [0, 0.1) is 0 Å². The van der Waals surface area contributed by atoms with Crippen LogP contribution >= 0.6 is 24.8 Å². The van der Waals surface area contributed by atoms with Crippen LogP contribution in [0.15, 0.2) is 0 Å². The van der Waals surface area contributed by atoms with Crippen LogP contribution in [0.25, 0.3) is 0 Å². The van der Waals surface area contributed by atoms with Crippen LogP contribution in [0.2, 0.25) is 0 Å². The van der Waals surface area contributed by atoms with Crippen molar-refractivity contribution in [3.05, 3.63) is 0 Å². The van der Waals surface area contributed by atoms with Gasteiger partial charge in [0.15, 0.2) is 6.04 Å². The highest BCUT2D eigenvalue weighted by Crippen LogP contribution is 2.32. The molecule has 0 spiro atoms. The lowest BCUT2D eigenvalue weighted by molar-refractivity contribution is -0.937. The van der Waals surface area contributed by atoms with Gasteiger partial charge in [0.05, 0.1) is 19.6 Å². The van der Waals surface area contributed by atoms with Gasteiger partial charge in [0.1, 0.15) is 0 Å². The smallest absolute Gasteiger partial charge is 0.275 e. The van der Waals surface area contributed by atoms with Gasteiger partial charge < -0.3 is 15.1 Å². The lowest BCUT2D eigenvalue weighted by Gasteiger charge is -2.45. The number of piperidine rings is 1. The standard InChI is InChI=1S/C12H23N3O.2ClH/c1-14-7-5-10(6-8-14)15(2)9-3-4-11(15)12(13)16;;/h10-11H,3-9H2,1-2H3,(H-,13,16);2*1H/p+1/t11-,15?;;/m0../s1. The normalized spacial score (nSPS) is 33.6. The molecule has 2 fully saturated rings. The molecule has 0 radical (unpaired) electrons. The highest BCUT2D eigenvalue weighted by Gasteiger charge is 2.47. The first-order valence-corrected chi connectivity index (χ1v) is 6.37. The molecule has 2 aliphatic rings. The van der Waals surface area contributed by atoms with Gasteiger partial charge in [0.2, 0.25) is 0 Å². The summed E-state index contributed by atoms with van der Waals surface area (Å²) in [6, 6.07) is 0.699. The third-order valence-corrected chi connectivity index (χ3v) is 4.68. The Labute approximate surface area is 122 Å². The number of rotatable bonds is 2. The molecule has 0 saturated carbocycles. The molecular weight excluding hydrogens is 273 g/mol. The van der Waals surface area contributed by atoms with E-state index in [4.69, 9.17) is 5.73 Å². The van der Waals surface area contributed by atoms with E-state index in [1.165, 1.54) is 12.8 Å². The van der Waals surface area contributed by atoms with E-state index in [0.29, 0.717) is 6.04 Å². The van der Waals surface area contributed by atoms with Crippen LogP contribution in [0.1, 0.15) is 25.7 Å². The Hall–Kier alpha value is -0.0300. The monoisotopic (exact) mass is 298 g/mol. The predicted octanol–water partition coefficient (Wildman–Crippen LogP) is 1.02. The first kappa shape index (κ1) is 18.0. The van der Waals surface area contributed by atoms with E-state index >= 15 is 0 Å². The molecule has 2 aliphatic heterocycles. The number of hydrogen-bond donors (Lipinski definition) is 1. The molecular formula is C12H26Cl2N3O+. The highest BCUT2D eigenvalue weighted by atomic mass is 35.5. The number of hydrogen-bond acceptors (Lipinski definition) is 2. The fraction of sp³-hybridized carbons (Fsp3) is 0.917. The van der Waals surface area contributed by atoms with Crippen LogP contribution in [-0.4, -0.2) is 61.1 Å². The fourth-order valence-corrected chi connectivity index (χ4v) is 3.53. The van der Waals surface area contributed by atoms with Gasteiger partial charge in [-0.1, -0.05) is 0 Å². The zero-order valence-corrected chi connectivity index (χ0v) is 12.9. The van der Waals surface area contributed by atoms with Gasteiger partial charge in [-0.25, -0.2) is 0 Å². The Morgan fingerprint density at radius 3 is 2.28 bits per heavy atom. The maximum atomic E-state index is 11.5. The van der Waals surface area contributed by atoms with E-state index in [1.807, 2.05) is 0 Å². The van der Waals surface area contributed by atoms with E-state index < -0.39 is 0 Å². The number of nitrogens with zero attached hydrogens (tertiary/aromatic N) is 2. The number of carbonyl (C=O) groups is 1. The maximum absolute atomic E-state index is 11.5. The summed E-state index contributed by atoms with van der Waals surface area (Å²) in [5.41, 5.74) is 5.54. The molecule has 4 nitrogen and oxygen atoms in total. The Morgan fingerprint density at radius 2 is 1.78 bits per heavy atom. The molecule has 108 valence electrons. The first-order valence-electron chi connectivity index (χ1n) is 6.37. The average Bonchev–Trinajstić information content (AvgIpc) is 2.62. The lowest BCUT2D eigenvalue weighted by Crippen LogP contribution is -2.61. The number of halogens is 2. The van der Waals surface area contributed by atoms with E-state index in [2.05, 4.69) is 19.0 Å². The minimum Gasteiger partial charge on any atom is -0.365 e. The third kappa shape index (κ3) is 3.29. The molecule has 1 amide bonds. The maximum Gasteiger partial charge on any atom is 0.275 e. The third-order valence-electron chi connectivity index (χ3n) is 4.68. The van der Waals surface area contributed by atoms with Crippen molar-refractivity contribution in [3.8, 4) is 0 Å². The Balaban J connectivity index is 0.00000144. The summed E-state index contributed by atoms with van der Waals surface area (Å²) in [6.07, 6.45) is 4.54. The molecule has 2 atom stereocenters. The second-order valence-corrected chi connectivity index (χ2v) is 5.67. The zero-order valence-electron chi connectivity index (χ0n) is 11.3. The number of likely N-dealkylation sites (tertiary alicyclic amines) is 2. The van der Waals surface area contributed by atoms with Gasteiger partial charge in [-0.15, -0.1) is 24.8 Å². The average molecular weight is 299 g/mol. The summed E-state index contributed by atoms with van der Waals surface area (Å²) in [5.74, 6) is -0.0982. The van der Waals surface area contributed by atoms with E-state index in [-0.39, 0.29) is 36.8 Å². The van der Waals surface area contributed by atoms with Crippen molar-refractivity contribution in [1.82, 2.24) is 4.90 Å². The van der Waals surface area contributed by atoms with E-state index in [9.17, 15) is 4.79 Å². The molecule has 18 heavy (non-hydrogen) atoms. The van der Waals surface area contributed by atoms with Gasteiger partial charge in [0, 0.05) is 38.8 Å². The summed E-state index contributed by atoms with van der Waals surface area (Å²) in [4.78, 5) is 13.9. The molecule has 0 aromatic carbocycles. The van der Waals surface area contributed by atoms with Gasteiger partial charge in [-0.05, 0) is 7.05 Å². The summed E-state index contributed by atoms with van der Waals surface area (Å²) in [5, 5.41) is 0. The lowest BCUT2D eigenvalue weighted by atomic mass is 9.99. The van der Waals surface area contributed by atoms with E-state index in [1.54, 1.807) is 0 Å². The molecule has 6 heteroatoms. The van der Waals surface area contributed by atoms with Crippen LogP contribution in [0.3, 0.4) is 0 Å². The summed E-state index contributed by atoms with van der Waals surface area (Å²) in [7, 11) is 4.41. The van der Waals surface area contributed by atoms with Gasteiger partial charge in [-0.2, -0.15) is 0 Å². The van der Waals surface area contributed by atoms with Crippen molar-refractivity contribution in [2.75, 3.05) is 33.7 Å². The minimum absolute atomic E-state index is 0. The first-order chi connectivity index (χ1) is 7.54. The highest BCUT2D eigenvalue weighted by molar-refractivity contribution is 5.85. The second kappa shape index (κ2) is 6.94. The number of primary amides is 1. The van der Waals surface area contributed by atoms with Crippen molar-refractivity contribution < 1.29 is 9.28 Å². The van der Waals surface area contributed by atoms with Gasteiger partial charge >= 0.3 is 0 Å². The number of amides is 1. The van der Waals surface area contributed by atoms with Crippen molar-refractivity contribution in [3.63, 3.8) is 0 Å². The van der Waals surface area contributed by atoms with Crippen LogP contribution in [0.5, 0.6) is 0 Å². The molecule has 2 saturated heterocycles. The van der Waals surface area contributed by atoms with E-state index in [0.717, 1.165) is 37.0 Å². The van der Waals surface area contributed by atoms with Gasteiger partial charge in [0.25, 0.3) is 5.91 Å². The fourth-order valence-electron chi connectivity index (χ4n) is 3.53. The van der Waals surface area contributed by atoms with Crippen molar-refractivity contribution >= 4 is 30.7 Å². The topological polar surface area (TPSA) is 46.3 Å². The van der Waals surface area contributed by atoms with Crippen molar-refractivity contribution in [2.45, 2.75) is 37.8 Å². The molecule has 2 rings (SSSR count). The largest absolute Gasteiger partial charge is 0.365 e. The Bertz CT molecular complexity index is 282. The number of carbonyl (C=O) groups excluding carboxylic acids is 1. The predicted molar refractivity (Wildman–Crippen MR) is 78.3 cm³/mol. The number of nitrogens with two attached hydrogens (primary N) is 1.